The van der Waals surface area contributed by atoms with Crippen LogP contribution in [0.2, 0.25) is 0 Å². The van der Waals surface area contributed by atoms with Crippen LogP contribution in [0, 0.1) is 23.7 Å². The van der Waals surface area contributed by atoms with Crippen molar-refractivity contribution in [1.82, 2.24) is 0 Å². The van der Waals surface area contributed by atoms with E-state index in [0.717, 1.165) is 23.7 Å². The van der Waals surface area contributed by atoms with Gasteiger partial charge in [-0.15, -0.1) is 0 Å². The molecule has 0 aromatic rings. The maximum atomic E-state index is 1.62. The van der Waals surface area contributed by atoms with Gasteiger partial charge in [0.25, 0.3) is 0 Å². The Kier molecular flexibility index (Phi) is 3.54. The highest BCUT2D eigenvalue weighted by molar-refractivity contribution is 4.86. The molecule has 16 heavy (non-hydrogen) atoms. The molecular formula is C16H28. The maximum absolute atomic E-state index is 1.62. The highest BCUT2D eigenvalue weighted by atomic mass is 14.4. The van der Waals surface area contributed by atoms with Crippen LogP contribution in [0.3, 0.4) is 0 Å². The summed E-state index contributed by atoms with van der Waals surface area (Å²) in [7, 11) is 0. The molecule has 0 bridgehead atoms. The fraction of sp³-hybridized carbons (Fsp3) is 1.00. The molecule has 3 fully saturated rings. The van der Waals surface area contributed by atoms with Crippen LogP contribution in [0.5, 0.6) is 0 Å². The topological polar surface area (TPSA) is 0 Å². The Morgan fingerprint density at radius 3 is 1.56 bits per heavy atom. The first kappa shape index (κ1) is 11.1. The van der Waals surface area contributed by atoms with Crippen LogP contribution in [-0.4, -0.2) is 0 Å². The van der Waals surface area contributed by atoms with Gasteiger partial charge in [-0.2, -0.15) is 0 Å². The molecule has 0 amide bonds. The summed E-state index contributed by atoms with van der Waals surface area (Å²) in [5.74, 6) is 4.57. The van der Waals surface area contributed by atoms with Gasteiger partial charge in [0.2, 0.25) is 0 Å². The van der Waals surface area contributed by atoms with Crippen molar-refractivity contribution in [2.45, 2.75) is 77.0 Å². The lowest BCUT2D eigenvalue weighted by Crippen LogP contribution is -2.31. The molecule has 3 unspecified atom stereocenters. The van der Waals surface area contributed by atoms with E-state index in [-0.39, 0.29) is 0 Å². The molecule has 3 rings (SSSR count). The average molecular weight is 220 g/mol. The van der Waals surface area contributed by atoms with E-state index in [2.05, 4.69) is 0 Å². The summed E-state index contributed by atoms with van der Waals surface area (Å²) in [6.07, 6.45) is 18.8. The lowest BCUT2D eigenvalue weighted by Gasteiger charge is -2.43. The van der Waals surface area contributed by atoms with Gasteiger partial charge < -0.3 is 0 Å². The zero-order chi connectivity index (χ0) is 10.8. The Morgan fingerprint density at radius 1 is 0.375 bits per heavy atom. The van der Waals surface area contributed by atoms with Gasteiger partial charge >= 0.3 is 0 Å². The minimum Gasteiger partial charge on any atom is -0.0533 e. The third kappa shape index (κ3) is 2.31. The molecule has 3 aliphatic rings. The molecule has 0 heteroatoms. The second-order valence-electron chi connectivity index (χ2n) is 6.78. The molecule has 0 nitrogen and oxygen atoms in total. The Bertz CT molecular complexity index is 211. The molecule has 92 valence electrons. The van der Waals surface area contributed by atoms with Crippen LogP contribution in [0.4, 0.5) is 0 Å². The standard InChI is InChI=1S/C16H28/c1-2-6-13(7-3-1)16-11-10-14-8-4-5-9-15(14)12-16/h13-16H,1-12H2. The maximum Gasteiger partial charge on any atom is -0.0383 e. The van der Waals surface area contributed by atoms with Crippen LogP contribution in [0.1, 0.15) is 77.0 Å². The van der Waals surface area contributed by atoms with E-state index < -0.39 is 0 Å². The monoisotopic (exact) mass is 220 g/mol. The Balaban J connectivity index is 1.57. The summed E-state index contributed by atoms with van der Waals surface area (Å²) in [4.78, 5) is 0. The fourth-order valence-electron chi connectivity index (χ4n) is 4.94. The third-order valence-electron chi connectivity index (χ3n) is 5.90. The Morgan fingerprint density at radius 2 is 0.812 bits per heavy atom. The summed E-state index contributed by atoms with van der Waals surface area (Å²) in [6.45, 7) is 0. The first-order valence-electron chi connectivity index (χ1n) is 7.93. The molecule has 3 saturated carbocycles. The summed E-state index contributed by atoms with van der Waals surface area (Å²) in [5.41, 5.74) is 0. The Labute approximate surface area is 101 Å². The lowest BCUT2D eigenvalue weighted by atomic mass is 9.63. The molecular weight excluding hydrogens is 192 g/mol. The Hall–Kier alpha value is 0. The number of rotatable bonds is 1. The zero-order valence-corrected chi connectivity index (χ0v) is 10.8. The average Bonchev–Trinajstić information content (AvgIpc) is 2.39. The van der Waals surface area contributed by atoms with Gasteiger partial charge in [-0.05, 0) is 42.9 Å². The lowest BCUT2D eigenvalue weighted by molar-refractivity contribution is 0.0858. The summed E-state index contributed by atoms with van der Waals surface area (Å²) < 4.78 is 0. The van der Waals surface area contributed by atoms with Gasteiger partial charge in [-0.3, -0.25) is 0 Å². The molecule has 0 aliphatic heterocycles. The van der Waals surface area contributed by atoms with Crippen LogP contribution in [0.15, 0.2) is 0 Å². The molecule has 0 spiro atoms. The van der Waals surface area contributed by atoms with Crippen LogP contribution in [-0.2, 0) is 0 Å². The van der Waals surface area contributed by atoms with Crippen molar-refractivity contribution in [3.05, 3.63) is 0 Å². The van der Waals surface area contributed by atoms with E-state index in [1.54, 1.807) is 51.4 Å². The highest BCUT2D eigenvalue weighted by Crippen LogP contribution is 2.47. The van der Waals surface area contributed by atoms with E-state index in [1.165, 1.54) is 25.7 Å². The van der Waals surface area contributed by atoms with E-state index >= 15 is 0 Å². The van der Waals surface area contributed by atoms with E-state index in [1.807, 2.05) is 0 Å². The number of hydrogen-bond donors (Lipinski definition) is 0. The second-order valence-corrected chi connectivity index (χ2v) is 6.78. The van der Waals surface area contributed by atoms with Crippen molar-refractivity contribution >= 4 is 0 Å². The molecule has 0 aromatic heterocycles. The molecule has 0 heterocycles. The summed E-state index contributed by atoms with van der Waals surface area (Å²) in [5, 5.41) is 0. The van der Waals surface area contributed by atoms with Crippen molar-refractivity contribution in [3.63, 3.8) is 0 Å². The predicted molar refractivity (Wildman–Crippen MR) is 69.4 cm³/mol. The van der Waals surface area contributed by atoms with Gasteiger partial charge in [0.15, 0.2) is 0 Å². The quantitative estimate of drug-likeness (QED) is 0.571. The van der Waals surface area contributed by atoms with Crippen molar-refractivity contribution < 1.29 is 0 Å². The first-order valence-corrected chi connectivity index (χ1v) is 7.93. The minimum absolute atomic E-state index is 1.14. The van der Waals surface area contributed by atoms with Gasteiger partial charge in [-0.25, -0.2) is 0 Å². The molecule has 0 radical (unpaired) electrons. The molecule has 3 atom stereocenters. The van der Waals surface area contributed by atoms with Crippen molar-refractivity contribution in [3.8, 4) is 0 Å². The molecule has 3 aliphatic carbocycles. The summed E-state index contributed by atoms with van der Waals surface area (Å²) >= 11 is 0. The zero-order valence-electron chi connectivity index (χ0n) is 10.8. The van der Waals surface area contributed by atoms with Crippen LogP contribution < -0.4 is 0 Å². The van der Waals surface area contributed by atoms with Gasteiger partial charge in [-0.1, -0.05) is 57.8 Å². The van der Waals surface area contributed by atoms with Crippen molar-refractivity contribution in [1.29, 1.82) is 0 Å². The smallest absolute Gasteiger partial charge is 0.0383 e. The van der Waals surface area contributed by atoms with Crippen LogP contribution in [0.25, 0.3) is 0 Å². The SMILES string of the molecule is C1CCC(C2CCC3CCCCC3C2)CC1. The minimum atomic E-state index is 1.14. The normalized spacial score (nSPS) is 41.6. The van der Waals surface area contributed by atoms with Crippen molar-refractivity contribution in [2.75, 3.05) is 0 Å². The molecule has 0 N–H and O–H groups in total. The first-order chi connectivity index (χ1) is 7.93. The molecule has 0 saturated heterocycles. The summed E-state index contributed by atoms with van der Waals surface area (Å²) in [6, 6.07) is 0. The molecule has 0 aromatic carbocycles. The van der Waals surface area contributed by atoms with Gasteiger partial charge in [0.05, 0.1) is 0 Å². The van der Waals surface area contributed by atoms with E-state index in [9.17, 15) is 0 Å². The van der Waals surface area contributed by atoms with E-state index in [0.29, 0.717) is 0 Å². The third-order valence-corrected chi connectivity index (χ3v) is 5.90. The van der Waals surface area contributed by atoms with Crippen molar-refractivity contribution in [2.24, 2.45) is 23.7 Å². The van der Waals surface area contributed by atoms with E-state index in [4.69, 9.17) is 0 Å². The second kappa shape index (κ2) is 5.10. The largest absolute Gasteiger partial charge is 0.0533 e. The number of hydrogen-bond acceptors (Lipinski definition) is 0. The van der Waals surface area contributed by atoms with Gasteiger partial charge in [0.1, 0.15) is 0 Å². The predicted octanol–water partition coefficient (Wildman–Crippen LogP) is 5.17. The number of fused-ring (bicyclic) bond motifs is 1. The van der Waals surface area contributed by atoms with Crippen LogP contribution >= 0.6 is 0 Å². The highest BCUT2D eigenvalue weighted by Gasteiger charge is 2.35. The van der Waals surface area contributed by atoms with Gasteiger partial charge in [0, 0.05) is 0 Å². The fourth-order valence-corrected chi connectivity index (χ4v) is 4.94.